The first kappa shape index (κ1) is 19.9. The van der Waals surface area contributed by atoms with Crippen LogP contribution >= 0.6 is 0 Å². The van der Waals surface area contributed by atoms with Crippen molar-refractivity contribution in [2.24, 2.45) is 0 Å². The Kier molecular flexibility index (Phi) is 5.36. The second-order valence-electron chi connectivity index (χ2n) is 8.80. The monoisotopic (exact) mass is 398 g/mol. The molecule has 0 bridgehead atoms. The third-order valence-electron chi connectivity index (χ3n) is 5.66. The molecule has 2 aromatic rings. The van der Waals surface area contributed by atoms with Crippen LogP contribution in [0.5, 0.6) is 5.75 Å². The van der Waals surface area contributed by atoms with Crippen molar-refractivity contribution >= 4 is 11.7 Å². The van der Waals surface area contributed by atoms with E-state index >= 15 is 0 Å². The smallest absolute Gasteiger partial charge is 0.226 e. The highest BCUT2D eigenvalue weighted by Gasteiger charge is 2.33. The molecule has 0 radical (unpaired) electrons. The van der Waals surface area contributed by atoms with E-state index in [0.717, 1.165) is 61.1 Å². The van der Waals surface area contributed by atoms with E-state index in [4.69, 9.17) is 9.47 Å². The second kappa shape index (κ2) is 7.80. The van der Waals surface area contributed by atoms with E-state index in [9.17, 15) is 4.79 Å². The van der Waals surface area contributed by atoms with Crippen LogP contribution in [0.15, 0.2) is 24.4 Å². The van der Waals surface area contributed by atoms with E-state index in [1.807, 2.05) is 16.9 Å². The Bertz CT molecular complexity index is 894. The maximum absolute atomic E-state index is 12.5. The van der Waals surface area contributed by atoms with E-state index in [-0.39, 0.29) is 17.4 Å². The lowest BCUT2D eigenvalue weighted by molar-refractivity contribution is -0.116. The van der Waals surface area contributed by atoms with E-state index in [1.54, 1.807) is 7.11 Å². The molecule has 0 saturated carbocycles. The van der Waals surface area contributed by atoms with Crippen molar-refractivity contribution in [2.45, 2.75) is 45.2 Å². The van der Waals surface area contributed by atoms with Crippen LogP contribution < -0.4 is 10.1 Å². The van der Waals surface area contributed by atoms with Gasteiger partial charge < -0.3 is 14.8 Å². The number of nitrogens with zero attached hydrogens (tertiary/aromatic N) is 3. The summed E-state index contributed by atoms with van der Waals surface area (Å²) in [5.41, 5.74) is 3.13. The third-order valence-corrected chi connectivity index (χ3v) is 5.66. The zero-order valence-corrected chi connectivity index (χ0v) is 17.7. The van der Waals surface area contributed by atoms with Crippen LogP contribution in [0.1, 0.15) is 49.8 Å². The number of nitrogens with one attached hydrogen (secondary N) is 1. The summed E-state index contributed by atoms with van der Waals surface area (Å²) in [7, 11) is 1.71. The van der Waals surface area contributed by atoms with Gasteiger partial charge in [0.05, 0.1) is 32.1 Å². The minimum atomic E-state index is -0.204. The number of morpholine rings is 1. The number of rotatable bonds is 4. The summed E-state index contributed by atoms with van der Waals surface area (Å²) in [5, 5.41) is 7.62. The molecule has 0 spiro atoms. The van der Waals surface area contributed by atoms with Crippen molar-refractivity contribution in [1.29, 1.82) is 0 Å². The van der Waals surface area contributed by atoms with Gasteiger partial charge in [0, 0.05) is 43.1 Å². The quantitative estimate of drug-likeness (QED) is 0.858. The van der Waals surface area contributed by atoms with Gasteiger partial charge in [-0.15, -0.1) is 0 Å². The Hall–Kier alpha value is -2.38. The number of methoxy groups -OCH3 is 1. The van der Waals surface area contributed by atoms with Gasteiger partial charge in [0.2, 0.25) is 5.91 Å². The summed E-state index contributed by atoms with van der Waals surface area (Å²) < 4.78 is 13.0. The fourth-order valence-corrected chi connectivity index (χ4v) is 4.16. The maximum Gasteiger partial charge on any atom is 0.226 e. The van der Waals surface area contributed by atoms with Crippen molar-refractivity contribution in [3.05, 3.63) is 41.1 Å². The maximum atomic E-state index is 12.5. The van der Waals surface area contributed by atoms with Gasteiger partial charge in [0.1, 0.15) is 11.6 Å². The minimum Gasteiger partial charge on any atom is -0.496 e. The Morgan fingerprint density at radius 3 is 2.72 bits per heavy atom. The van der Waals surface area contributed by atoms with Gasteiger partial charge >= 0.3 is 0 Å². The summed E-state index contributed by atoms with van der Waals surface area (Å²) in [6, 6.07) is 6.28. The number of carbonyl (C=O) groups excluding carboxylic acids is 1. The highest BCUT2D eigenvalue weighted by Crippen LogP contribution is 2.40. The van der Waals surface area contributed by atoms with Gasteiger partial charge in [-0.3, -0.25) is 9.69 Å². The first-order valence-corrected chi connectivity index (χ1v) is 10.2. The average molecular weight is 399 g/mol. The van der Waals surface area contributed by atoms with Crippen molar-refractivity contribution in [3.63, 3.8) is 0 Å². The van der Waals surface area contributed by atoms with E-state index in [1.165, 1.54) is 0 Å². The van der Waals surface area contributed by atoms with Gasteiger partial charge in [-0.05, 0) is 32.4 Å². The molecule has 1 fully saturated rings. The molecule has 0 aliphatic carbocycles. The highest BCUT2D eigenvalue weighted by molar-refractivity contribution is 5.94. The topological polar surface area (TPSA) is 68.6 Å². The zero-order chi connectivity index (χ0) is 20.6. The number of carbonyl (C=O) groups is 1. The number of benzene rings is 1. The largest absolute Gasteiger partial charge is 0.496 e. The molecular formula is C22H30N4O3. The lowest BCUT2D eigenvalue weighted by Gasteiger charge is -2.29. The van der Waals surface area contributed by atoms with Gasteiger partial charge in [0.25, 0.3) is 0 Å². The molecule has 1 atom stereocenters. The van der Waals surface area contributed by atoms with Gasteiger partial charge in [-0.2, -0.15) is 5.10 Å². The Labute approximate surface area is 172 Å². The van der Waals surface area contributed by atoms with E-state index < -0.39 is 0 Å². The summed E-state index contributed by atoms with van der Waals surface area (Å²) in [6.45, 7) is 10.4. The molecule has 4 rings (SSSR count). The molecule has 3 heterocycles. The molecule has 156 valence electrons. The molecule has 2 aliphatic rings. The van der Waals surface area contributed by atoms with Crippen LogP contribution in [0, 0.1) is 0 Å². The highest BCUT2D eigenvalue weighted by atomic mass is 16.5. The molecule has 0 unspecified atom stereocenters. The lowest BCUT2D eigenvalue weighted by Crippen LogP contribution is -2.35. The standard InChI is InChI=1S/C22H30N4O3/c1-22(2,3)26-21-18(13-23-26)17(12-20(27)24-21)15-5-6-19(28-4)16(11-15)14-25-7-9-29-10-8-25/h5-6,11,13,17H,7-10,12,14H2,1-4H3,(H,24,27)/t17-/m0/s1. The molecule has 1 saturated heterocycles. The number of fused-ring (bicyclic) bond motifs is 1. The molecule has 7 heteroatoms. The Balaban J connectivity index is 1.69. The van der Waals surface area contributed by atoms with Gasteiger partial charge in [0.15, 0.2) is 0 Å². The third kappa shape index (κ3) is 4.02. The van der Waals surface area contributed by atoms with Crippen molar-refractivity contribution in [1.82, 2.24) is 14.7 Å². The van der Waals surface area contributed by atoms with E-state index in [2.05, 4.69) is 48.2 Å². The summed E-state index contributed by atoms with van der Waals surface area (Å²) in [5.74, 6) is 1.71. The van der Waals surface area contributed by atoms with Gasteiger partial charge in [-0.1, -0.05) is 12.1 Å². The number of aromatic nitrogens is 2. The summed E-state index contributed by atoms with van der Waals surface area (Å²) >= 11 is 0. The number of ether oxygens (including phenoxy) is 2. The van der Waals surface area contributed by atoms with Crippen LogP contribution in [-0.4, -0.2) is 54.0 Å². The zero-order valence-electron chi connectivity index (χ0n) is 17.7. The summed E-state index contributed by atoms with van der Waals surface area (Å²) in [6.07, 6.45) is 2.32. The first-order chi connectivity index (χ1) is 13.9. The molecule has 1 aromatic carbocycles. The number of hydrogen-bond donors (Lipinski definition) is 1. The van der Waals surface area contributed by atoms with Crippen LogP contribution in [0.3, 0.4) is 0 Å². The van der Waals surface area contributed by atoms with Crippen molar-refractivity contribution in [3.8, 4) is 5.75 Å². The first-order valence-electron chi connectivity index (χ1n) is 10.2. The molecule has 1 aromatic heterocycles. The number of hydrogen-bond acceptors (Lipinski definition) is 5. The van der Waals surface area contributed by atoms with Crippen molar-refractivity contribution < 1.29 is 14.3 Å². The van der Waals surface area contributed by atoms with Crippen molar-refractivity contribution in [2.75, 3.05) is 38.7 Å². The normalized spacial score (nSPS) is 20.3. The van der Waals surface area contributed by atoms with Crippen LogP contribution in [0.25, 0.3) is 0 Å². The van der Waals surface area contributed by atoms with Gasteiger partial charge in [-0.25, -0.2) is 4.68 Å². The molecule has 7 nitrogen and oxygen atoms in total. The van der Waals surface area contributed by atoms with Crippen LogP contribution in [-0.2, 0) is 21.6 Å². The Morgan fingerprint density at radius 2 is 2.03 bits per heavy atom. The predicted octanol–water partition coefficient (Wildman–Crippen LogP) is 2.95. The molecule has 1 N–H and O–H groups in total. The molecule has 1 amide bonds. The molecule has 29 heavy (non-hydrogen) atoms. The second-order valence-corrected chi connectivity index (χ2v) is 8.80. The summed E-state index contributed by atoms with van der Waals surface area (Å²) in [4.78, 5) is 14.9. The fraction of sp³-hybridized carbons (Fsp3) is 0.545. The van der Waals surface area contributed by atoms with Crippen LogP contribution in [0.4, 0.5) is 5.82 Å². The number of anilines is 1. The SMILES string of the molecule is COc1ccc([C@@H]2CC(=O)Nc3c2cnn3C(C)(C)C)cc1CN1CCOCC1. The van der Waals surface area contributed by atoms with Crippen LogP contribution in [0.2, 0.25) is 0 Å². The lowest BCUT2D eigenvalue weighted by atomic mass is 9.86. The minimum absolute atomic E-state index is 0.0100. The fourth-order valence-electron chi connectivity index (χ4n) is 4.16. The predicted molar refractivity (Wildman–Crippen MR) is 111 cm³/mol. The molecular weight excluding hydrogens is 368 g/mol. The van der Waals surface area contributed by atoms with E-state index in [0.29, 0.717) is 6.42 Å². The Morgan fingerprint density at radius 1 is 1.28 bits per heavy atom. The average Bonchev–Trinajstić information content (AvgIpc) is 3.12. The number of amides is 1. The molecule has 2 aliphatic heterocycles.